The first-order valence-electron chi connectivity index (χ1n) is 6.80. The highest BCUT2D eigenvalue weighted by Gasteiger charge is 2.33. The van der Waals surface area contributed by atoms with Crippen LogP contribution < -0.4 is 0 Å². The molecular weight excluding hydrogens is 335 g/mol. The summed E-state index contributed by atoms with van der Waals surface area (Å²) in [5, 5.41) is 0. The average Bonchev–Trinajstić information content (AvgIpc) is 3.30. The van der Waals surface area contributed by atoms with Gasteiger partial charge in [-0.1, -0.05) is 0 Å². The Morgan fingerprint density at radius 3 is 2.62 bits per heavy atom. The van der Waals surface area contributed by atoms with E-state index in [4.69, 9.17) is 0 Å². The van der Waals surface area contributed by atoms with E-state index in [1.165, 1.54) is 18.2 Å². The molecule has 1 saturated carbocycles. The van der Waals surface area contributed by atoms with Crippen LogP contribution in [0.4, 0.5) is 4.39 Å². The van der Waals surface area contributed by atoms with Gasteiger partial charge in [0.1, 0.15) is 5.82 Å². The van der Waals surface area contributed by atoms with E-state index < -0.39 is 0 Å². The van der Waals surface area contributed by atoms with Crippen LogP contribution >= 0.6 is 15.9 Å². The Balaban J connectivity index is 1.85. The Bertz CT molecular complexity index is 659. The van der Waals surface area contributed by atoms with Gasteiger partial charge in [0.2, 0.25) is 0 Å². The van der Waals surface area contributed by atoms with Crippen LogP contribution in [-0.4, -0.2) is 21.8 Å². The van der Waals surface area contributed by atoms with Crippen molar-refractivity contribution in [3.8, 4) is 0 Å². The highest BCUT2D eigenvalue weighted by Crippen LogP contribution is 2.31. The van der Waals surface area contributed by atoms with Gasteiger partial charge >= 0.3 is 0 Å². The molecule has 0 atom stereocenters. The number of carbonyl (C=O) groups excluding carboxylic acids is 1. The van der Waals surface area contributed by atoms with E-state index in [0.717, 1.165) is 18.4 Å². The zero-order valence-electron chi connectivity index (χ0n) is 11.3. The number of nitrogens with zero attached hydrogens (tertiary/aromatic N) is 2. The van der Waals surface area contributed by atoms with Crippen molar-refractivity contribution in [2.45, 2.75) is 25.4 Å². The van der Waals surface area contributed by atoms with Crippen molar-refractivity contribution in [3.63, 3.8) is 0 Å². The molecule has 0 N–H and O–H groups in total. The molecule has 0 unspecified atom stereocenters. The largest absolute Gasteiger partial charge is 0.331 e. The maximum absolute atomic E-state index is 13.2. The summed E-state index contributed by atoms with van der Waals surface area (Å²) < 4.78 is 13.7. The van der Waals surface area contributed by atoms with Crippen LogP contribution in [0.5, 0.6) is 0 Å². The zero-order valence-corrected chi connectivity index (χ0v) is 12.9. The number of aromatic nitrogens is 1. The first-order valence-corrected chi connectivity index (χ1v) is 7.59. The second-order valence-corrected chi connectivity index (χ2v) is 6.00. The quantitative estimate of drug-likeness (QED) is 0.842. The standard InChI is InChI=1S/C16H14BrFN2O/c17-15-9-12(18)1-4-14(15)16(21)20(13-2-3-13)10-11-5-7-19-8-6-11/h1,4-9,13H,2-3,10H2. The highest BCUT2D eigenvalue weighted by atomic mass is 79.9. The summed E-state index contributed by atoms with van der Waals surface area (Å²) in [6.07, 6.45) is 5.49. The van der Waals surface area contributed by atoms with Crippen molar-refractivity contribution in [1.29, 1.82) is 0 Å². The van der Waals surface area contributed by atoms with Gasteiger partial charge in [0.25, 0.3) is 5.91 Å². The number of benzene rings is 1. The molecule has 0 saturated heterocycles. The van der Waals surface area contributed by atoms with E-state index in [-0.39, 0.29) is 17.8 Å². The van der Waals surface area contributed by atoms with Crippen LogP contribution in [0.25, 0.3) is 0 Å². The molecule has 0 aliphatic heterocycles. The summed E-state index contributed by atoms with van der Waals surface area (Å²) in [5.74, 6) is -0.424. The fourth-order valence-corrected chi connectivity index (χ4v) is 2.78. The maximum atomic E-state index is 13.2. The summed E-state index contributed by atoms with van der Waals surface area (Å²) >= 11 is 3.27. The molecule has 0 spiro atoms. The van der Waals surface area contributed by atoms with E-state index in [9.17, 15) is 9.18 Å². The normalized spacial score (nSPS) is 14.0. The van der Waals surface area contributed by atoms with Gasteiger partial charge in [0.15, 0.2) is 0 Å². The lowest BCUT2D eigenvalue weighted by Gasteiger charge is -2.23. The van der Waals surface area contributed by atoms with Crippen molar-refractivity contribution in [3.05, 3.63) is 64.1 Å². The van der Waals surface area contributed by atoms with Gasteiger partial charge in [-0.05, 0) is 64.7 Å². The van der Waals surface area contributed by atoms with Gasteiger partial charge in [0.05, 0.1) is 5.56 Å². The van der Waals surface area contributed by atoms with E-state index in [0.29, 0.717) is 16.6 Å². The third-order valence-corrected chi connectivity index (χ3v) is 4.17. The smallest absolute Gasteiger partial charge is 0.255 e. The number of amides is 1. The van der Waals surface area contributed by atoms with Gasteiger partial charge in [-0.3, -0.25) is 9.78 Å². The first kappa shape index (κ1) is 14.2. The van der Waals surface area contributed by atoms with E-state index >= 15 is 0 Å². The number of rotatable bonds is 4. The van der Waals surface area contributed by atoms with Crippen LogP contribution in [0.2, 0.25) is 0 Å². The molecule has 0 radical (unpaired) electrons. The van der Waals surface area contributed by atoms with Gasteiger partial charge in [-0.25, -0.2) is 4.39 Å². The lowest BCUT2D eigenvalue weighted by atomic mass is 10.1. The number of pyridine rings is 1. The molecule has 1 aromatic carbocycles. The molecule has 5 heteroatoms. The third-order valence-electron chi connectivity index (χ3n) is 3.51. The van der Waals surface area contributed by atoms with Gasteiger partial charge in [0, 0.05) is 29.5 Å². The van der Waals surface area contributed by atoms with Crippen LogP contribution in [0, 0.1) is 5.82 Å². The fraction of sp³-hybridized carbons (Fsp3) is 0.250. The number of halogens is 2. The minimum atomic E-state index is -0.356. The van der Waals surface area contributed by atoms with Crippen LogP contribution in [0.1, 0.15) is 28.8 Å². The molecule has 21 heavy (non-hydrogen) atoms. The number of carbonyl (C=O) groups is 1. The highest BCUT2D eigenvalue weighted by molar-refractivity contribution is 9.10. The Kier molecular flexibility index (Phi) is 4.01. The van der Waals surface area contributed by atoms with Crippen molar-refractivity contribution in [2.75, 3.05) is 0 Å². The SMILES string of the molecule is O=C(c1ccc(F)cc1Br)N(Cc1ccncc1)C1CC1. The first-order chi connectivity index (χ1) is 10.1. The minimum Gasteiger partial charge on any atom is -0.331 e. The summed E-state index contributed by atoms with van der Waals surface area (Å²) in [5.41, 5.74) is 1.54. The van der Waals surface area contributed by atoms with E-state index in [2.05, 4.69) is 20.9 Å². The van der Waals surface area contributed by atoms with Crippen molar-refractivity contribution in [2.24, 2.45) is 0 Å². The summed E-state index contributed by atoms with van der Waals surface area (Å²) in [6, 6.07) is 8.26. The van der Waals surface area contributed by atoms with E-state index in [1.807, 2.05) is 17.0 Å². The summed E-state index contributed by atoms with van der Waals surface area (Å²) in [4.78, 5) is 18.6. The van der Waals surface area contributed by atoms with Crippen LogP contribution in [-0.2, 0) is 6.54 Å². The minimum absolute atomic E-state index is 0.0683. The molecule has 1 amide bonds. The van der Waals surface area contributed by atoms with Crippen molar-refractivity contribution in [1.82, 2.24) is 9.88 Å². The molecule has 1 heterocycles. The summed E-state index contributed by atoms with van der Waals surface area (Å²) in [7, 11) is 0. The third kappa shape index (κ3) is 3.29. The summed E-state index contributed by atoms with van der Waals surface area (Å²) in [6.45, 7) is 0.551. The number of hydrogen-bond donors (Lipinski definition) is 0. The average molecular weight is 349 g/mol. The predicted molar refractivity (Wildman–Crippen MR) is 81.2 cm³/mol. The molecular formula is C16H14BrFN2O. The van der Waals surface area contributed by atoms with Gasteiger partial charge in [-0.15, -0.1) is 0 Å². The molecule has 3 rings (SSSR count). The van der Waals surface area contributed by atoms with E-state index in [1.54, 1.807) is 12.4 Å². The van der Waals surface area contributed by atoms with Gasteiger partial charge < -0.3 is 4.90 Å². The molecule has 1 aromatic heterocycles. The number of hydrogen-bond acceptors (Lipinski definition) is 2. The Hall–Kier alpha value is -1.75. The Labute approximate surface area is 130 Å². The zero-order chi connectivity index (χ0) is 14.8. The topological polar surface area (TPSA) is 33.2 Å². The lowest BCUT2D eigenvalue weighted by molar-refractivity contribution is 0.0729. The second kappa shape index (κ2) is 5.93. The van der Waals surface area contributed by atoms with Gasteiger partial charge in [-0.2, -0.15) is 0 Å². The van der Waals surface area contributed by atoms with Crippen molar-refractivity contribution < 1.29 is 9.18 Å². The molecule has 1 aliphatic rings. The second-order valence-electron chi connectivity index (χ2n) is 5.14. The molecule has 1 fully saturated rings. The predicted octanol–water partition coefficient (Wildman–Crippen LogP) is 3.79. The van der Waals surface area contributed by atoms with Crippen molar-refractivity contribution >= 4 is 21.8 Å². The Morgan fingerprint density at radius 2 is 2.00 bits per heavy atom. The van der Waals surface area contributed by atoms with Crippen LogP contribution in [0.15, 0.2) is 47.2 Å². The fourth-order valence-electron chi connectivity index (χ4n) is 2.26. The maximum Gasteiger partial charge on any atom is 0.255 e. The van der Waals surface area contributed by atoms with Crippen LogP contribution in [0.3, 0.4) is 0 Å². The molecule has 0 bridgehead atoms. The monoisotopic (exact) mass is 348 g/mol. The Morgan fingerprint density at radius 1 is 1.29 bits per heavy atom. The molecule has 108 valence electrons. The molecule has 1 aliphatic carbocycles. The molecule has 3 nitrogen and oxygen atoms in total. The molecule has 2 aromatic rings. The lowest BCUT2D eigenvalue weighted by Crippen LogP contribution is -2.32.